The van der Waals surface area contributed by atoms with Crippen molar-refractivity contribution in [1.82, 2.24) is 4.90 Å². The van der Waals surface area contributed by atoms with Crippen molar-refractivity contribution in [2.45, 2.75) is 31.3 Å². The van der Waals surface area contributed by atoms with Crippen LogP contribution in [0.25, 0.3) is 0 Å². The van der Waals surface area contributed by atoms with Crippen molar-refractivity contribution in [2.24, 2.45) is 11.7 Å². The van der Waals surface area contributed by atoms with Crippen molar-refractivity contribution < 1.29 is 14.3 Å². The van der Waals surface area contributed by atoms with Gasteiger partial charge in [-0.25, -0.2) is 0 Å². The standard InChI is InChI=1S/C16H26N2O3S.ClH/c1-10(11(2)17)16(19)18(3)9-12-7-13(20-4)14(21-5)8-15(12)22-6;/h7-8,10-11H,9,17H2,1-6H3;1H. The third-order valence-corrected chi connectivity index (χ3v) is 4.57. The summed E-state index contributed by atoms with van der Waals surface area (Å²) in [6.45, 7) is 4.21. The van der Waals surface area contributed by atoms with E-state index in [0.29, 0.717) is 18.0 Å². The van der Waals surface area contributed by atoms with Gasteiger partial charge in [0.05, 0.1) is 20.1 Å². The van der Waals surface area contributed by atoms with Gasteiger partial charge in [0.25, 0.3) is 0 Å². The van der Waals surface area contributed by atoms with Crippen LogP contribution in [-0.4, -0.2) is 44.4 Å². The number of nitrogens with zero attached hydrogens (tertiary/aromatic N) is 1. The Morgan fingerprint density at radius 3 is 2.22 bits per heavy atom. The SMILES string of the molecule is COc1cc(CN(C)C(=O)C(C)C(C)N)c(SC)cc1OC.Cl. The molecule has 23 heavy (non-hydrogen) atoms. The molecule has 1 amide bonds. The van der Waals surface area contributed by atoms with Gasteiger partial charge in [-0.2, -0.15) is 0 Å². The van der Waals surface area contributed by atoms with Crippen LogP contribution in [0, 0.1) is 5.92 Å². The first kappa shape index (κ1) is 21.9. The molecule has 1 aromatic carbocycles. The third kappa shape index (κ3) is 5.48. The first-order valence-electron chi connectivity index (χ1n) is 7.15. The summed E-state index contributed by atoms with van der Waals surface area (Å²) in [6, 6.07) is 3.69. The second kappa shape index (κ2) is 9.90. The Bertz CT molecular complexity index is 526. The van der Waals surface area contributed by atoms with E-state index in [1.54, 1.807) is 37.9 Å². The number of halogens is 1. The van der Waals surface area contributed by atoms with Gasteiger partial charge in [0.2, 0.25) is 5.91 Å². The third-order valence-electron chi connectivity index (χ3n) is 3.75. The van der Waals surface area contributed by atoms with Crippen LogP contribution in [0.4, 0.5) is 0 Å². The predicted molar refractivity (Wildman–Crippen MR) is 97.9 cm³/mol. The Hall–Kier alpha value is -1.11. The summed E-state index contributed by atoms with van der Waals surface area (Å²) in [5, 5.41) is 0. The molecule has 2 N–H and O–H groups in total. The maximum Gasteiger partial charge on any atom is 0.226 e. The summed E-state index contributed by atoms with van der Waals surface area (Å²) in [6.07, 6.45) is 2.00. The van der Waals surface area contributed by atoms with Crippen LogP contribution < -0.4 is 15.2 Å². The molecule has 1 aromatic rings. The van der Waals surface area contributed by atoms with Crippen LogP contribution in [0.2, 0.25) is 0 Å². The monoisotopic (exact) mass is 362 g/mol. The average Bonchev–Trinajstić information content (AvgIpc) is 2.52. The van der Waals surface area contributed by atoms with Gasteiger partial charge >= 0.3 is 0 Å². The van der Waals surface area contributed by atoms with E-state index in [1.165, 1.54) is 0 Å². The molecule has 132 valence electrons. The fraction of sp³-hybridized carbons (Fsp3) is 0.562. The van der Waals surface area contributed by atoms with E-state index in [-0.39, 0.29) is 30.3 Å². The second-order valence-electron chi connectivity index (χ2n) is 5.36. The highest BCUT2D eigenvalue weighted by Gasteiger charge is 2.22. The Labute approximate surface area is 149 Å². The minimum atomic E-state index is -0.206. The van der Waals surface area contributed by atoms with Crippen LogP contribution in [0.15, 0.2) is 17.0 Å². The van der Waals surface area contributed by atoms with E-state index in [1.807, 2.05) is 32.2 Å². The Balaban J connectivity index is 0.00000484. The maximum absolute atomic E-state index is 12.3. The van der Waals surface area contributed by atoms with Gasteiger partial charge in [-0.05, 0) is 30.9 Å². The number of hydrogen-bond donors (Lipinski definition) is 1. The van der Waals surface area contributed by atoms with Crippen LogP contribution in [0.5, 0.6) is 11.5 Å². The minimum absolute atomic E-state index is 0. The molecule has 0 heterocycles. The van der Waals surface area contributed by atoms with E-state index in [9.17, 15) is 4.79 Å². The van der Waals surface area contributed by atoms with E-state index >= 15 is 0 Å². The van der Waals surface area contributed by atoms with E-state index in [2.05, 4.69) is 0 Å². The lowest BCUT2D eigenvalue weighted by Gasteiger charge is -2.24. The summed E-state index contributed by atoms with van der Waals surface area (Å²) >= 11 is 1.61. The minimum Gasteiger partial charge on any atom is -0.493 e. The molecule has 2 unspecified atom stereocenters. The Kier molecular flexibility index (Phi) is 9.42. The van der Waals surface area contributed by atoms with Crippen molar-refractivity contribution in [3.63, 3.8) is 0 Å². The van der Waals surface area contributed by atoms with Crippen LogP contribution in [-0.2, 0) is 11.3 Å². The molecule has 1 rings (SSSR count). The van der Waals surface area contributed by atoms with Gasteiger partial charge in [0.1, 0.15) is 0 Å². The number of ether oxygens (including phenoxy) is 2. The number of nitrogens with two attached hydrogens (primary N) is 1. The Morgan fingerprint density at radius 1 is 1.26 bits per heavy atom. The highest BCUT2D eigenvalue weighted by molar-refractivity contribution is 7.98. The number of benzene rings is 1. The topological polar surface area (TPSA) is 64.8 Å². The molecule has 2 atom stereocenters. The van der Waals surface area contributed by atoms with Gasteiger partial charge in [-0.1, -0.05) is 6.92 Å². The number of rotatable bonds is 7. The summed E-state index contributed by atoms with van der Waals surface area (Å²) in [5.74, 6) is 1.18. The van der Waals surface area contributed by atoms with Crippen molar-refractivity contribution in [2.75, 3.05) is 27.5 Å². The summed E-state index contributed by atoms with van der Waals surface area (Å²) in [5.41, 5.74) is 6.85. The lowest BCUT2D eigenvalue weighted by molar-refractivity contribution is -0.134. The fourth-order valence-corrected chi connectivity index (χ4v) is 2.73. The molecule has 0 aromatic heterocycles. The zero-order valence-corrected chi connectivity index (χ0v) is 16.2. The van der Waals surface area contributed by atoms with Crippen molar-refractivity contribution in [3.8, 4) is 11.5 Å². The lowest BCUT2D eigenvalue weighted by atomic mass is 10.0. The van der Waals surface area contributed by atoms with Gasteiger partial charge < -0.3 is 20.1 Å². The molecule has 0 fully saturated rings. The molecule has 0 aliphatic rings. The maximum atomic E-state index is 12.3. The van der Waals surface area contributed by atoms with Crippen LogP contribution in [0.1, 0.15) is 19.4 Å². The largest absolute Gasteiger partial charge is 0.493 e. The number of carbonyl (C=O) groups is 1. The molecule has 0 saturated heterocycles. The summed E-state index contributed by atoms with van der Waals surface area (Å²) in [4.78, 5) is 15.1. The summed E-state index contributed by atoms with van der Waals surface area (Å²) in [7, 11) is 5.01. The van der Waals surface area contributed by atoms with Gasteiger partial charge in [0, 0.05) is 24.5 Å². The highest BCUT2D eigenvalue weighted by atomic mass is 35.5. The molecular weight excluding hydrogens is 336 g/mol. The number of methoxy groups -OCH3 is 2. The van der Waals surface area contributed by atoms with E-state index < -0.39 is 0 Å². The highest BCUT2D eigenvalue weighted by Crippen LogP contribution is 2.35. The van der Waals surface area contributed by atoms with Gasteiger partial charge in [-0.3, -0.25) is 4.79 Å². The lowest BCUT2D eigenvalue weighted by Crippen LogP contribution is -2.39. The molecule has 5 nitrogen and oxygen atoms in total. The number of thioether (sulfide) groups is 1. The van der Waals surface area contributed by atoms with Crippen molar-refractivity contribution in [3.05, 3.63) is 17.7 Å². The van der Waals surface area contributed by atoms with E-state index in [0.717, 1.165) is 10.5 Å². The molecular formula is C16H27ClN2O3S. The number of hydrogen-bond acceptors (Lipinski definition) is 5. The van der Waals surface area contributed by atoms with Crippen molar-refractivity contribution >= 4 is 30.1 Å². The van der Waals surface area contributed by atoms with Crippen LogP contribution in [0.3, 0.4) is 0 Å². The van der Waals surface area contributed by atoms with Gasteiger partial charge in [0.15, 0.2) is 11.5 Å². The van der Waals surface area contributed by atoms with Gasteiger partial charge in [-0.15, -0.1) is 24.2 Å². The molecule has 0 radical (unpaired) electrons. The molecule has 0 aliphatic heterocycles. The normalized spacial score (nSPS) is 12.8. The molecule has 7 heteroatoms. The first-order valence-corrected chi connectivity index (χ1v) is 8.37. The second-order valence-corrected chi connectivity index (χ2v) is 6.21. The Morgan fingerprint density at radius 2 is 1.78 bits per heavy atom. The zero-order chi connectivity index (χ0) is 16.9. The smallest absolute Gasteiger partial charge is 0.226 e. The fourth-order valence-electron chi connectivity index (χ4n) is 2.12. The molecule has 0 spiro atoms. The molecule has 0 aliphatic carbocycles. The number of carbonyl (C=O) groups excluding carboxylic acids is 1. The average molecular weight is 363 g/mol. The first-order chi connectivity index (χ1) is 10.3. The predicted octanol–water partition coefficient (Wildman–Crippen LogP) is 2.79. The van der Waals surface area contributed by atoms with Crippen LogP contribution >= 0.6 is 24.2 Å². The van der Waals surface area contributed by atoms with Crippen molar-refractivity contribution in [1.29, 1.82) is 0 Å². The summed E-state index contributed by atoms with van der Waals surface area (Å²) < 4.78 is 10.7. The number of amides is 1. The molecule has 0 saturated carbocycles. The molecule has 0 bridgehead atoms. The quantitative estimate of drug-likeness (QED) is 0.755. The zero-order valence-electron chi connectivity index (χ0n) is 14.6. The van der Waals surface area contributed by atoms with E-state index in [4.69, 9.17) is 15.2 Å².